The Morgan fingerprint density at radius 3 is 2.45 bits per heavy atom. The van der Waals surface area contributed by atoms with E-state index in [1.807, 2.05) is 42.5 Å². The number of Topliss-reactive ketones (excluding diaryl/α,β-unsaturated/α-hetero) is 1. The molecule has 0 spiro atoms. The number of rotatable bonds is 13. The van der Waals surface area contributed by atoms with E-state index in [0.717, 1.165) is 53.5 Å². The second-order valence-electron chi connectivity index (χ2n) is 10.1. The molecule has 0 amide bonds. The Morgan fingerprint density at radius 1 is 1.02 bits per heavy atom. The maximum atomic E-state index is 13.4. The molecule has 4 rings (SSSR count). The molecule has 0 N–H and O–H groups in total. The topological polar surface area (TPSA) is 72.3 Å². The molecular weight excluding hydrogens is 562 g/mol. The number of carbonyl (C=O) groups excluding carboxylic acids is 1. The third-order valence-corrected chi connectivity index (χ3v) is 9.67. The lowest BCUT2D eigenvalue weighted by Crippen LogP contribution is -2.24. The van der Waals surface area contributed by atoms with Gasteiger partial charge in [0.1, 0.15) is 5.69 Å². The molecule has 2 aromatic carbocycles. The maximum absolute atomic E-state index is 13.4. The fourth-order valence-corrected chi connectivity index (χ4v) is 6.62. The third kappa shape index (κ3) is 7.29. The Morgan fingerprint density at radius 2 is 1.75 bits per heavy atom. The number of para-hydroxylation sites is 1. The summed E-state index contributed by atoms with van der Waals surface area (Å²) in [6, 6.07) is 20.1. The zero-order chi connectivity index (χ0) is 28.9. The molecule has 4 aromatic rings. The van der Waals surface area contributed by atoms with E-state index >= 15 is 0 Å². The summed E-state index contributed by atoms with van der Waals surface area (Å²) in [5, 5.41) is 5.27. The summed E-state index contributed by atoms with van der Waals surface area (Å²) in [7, 11) is -3.32. The SMILES string of the molecule is CCN(CC)CCCC(C)CC(=O)c1cc(-c2ccc(-c3cccc(S(C)(=O)=O)c3)s2)n(-c2ccccc2Cl)n1. The monoisotopic (exact) mass is 597 g/mol. The smallest absolute Gasteiger partial charge is 0.183 e. The summed E-state index contributed by atoms with van der Waals surface area (Å²) in [6.45, 7) is 9.60. The summed E-state index contributed by atoms with van der Waals surface area (Å²) in [4.78, 5) is 17.9. The largest absolute Gasteiger partial charge is 0.304 e. The standard InChI is InChI=1S/C31H36ClN3O3S2/c1-5-34(6-2)18-10-11-22(3)19-29(36)26-21-28(35(33-26)27-15-8-7-14-25(27)32)31-17-16-30(39-31)23-12-9-13-24(20-23)40(4,37)38/h7-9,12-17,20-22H,5-6,10-11,18-19H2,1-4H3. The number of aromatic nitrogens is 2. The minimum absolute atomic E-state index is 0.0139. The van der Waals surface area contributed by atoms with Crippen molar-refractivity contribution in [3.8, 4) is 26.7 Å². The van der Waals surface area contributed by atoms with E-state index < -0.39 is 9.84 Å². The lowest BCUT2D eigenvalue weighted by molar-refractivity contribution is 0.0956. The quantitative estimate of drug-likeness (QED) is 0.148. The van der Waals surface area contributed by atoms with E-state index in [0.29, 0.717) is 22.8 Å². The van der Waals surface area contributed by atoms with Crippen LogP contribution in [0.2, 0.25) is 5.02 Å². The maximum Gasteiger partial charge on any atom is 0.183 e. The molecule has 0 aliphatic heterocycles. The Labute approximate surface area is 246 Å². The molecule has 2 aromatic heterocycles. The first-order valence-electron chi connectivity index (χ1n) is 13.6. The lowest BCUT2D eigenvalue weighted by Gasteiger charge is -2.18. The van der Waals surface area contributed by atoms with Crippen LogP contribution in [0.1, 0.15) is 50.5 Å². The molecule has 0 saturated heterocycles. The molecule has 0 saturated carbocycles. The van der Waals surface area contributed by atoms with Crippen LogP contribution in [0.5, 0.6) is 0 Å². The molecule has 1 unspecified atom stereocenters. The molecule has 212 valence electrons. The summed E-state index contributed by atoms with van der Waals surface area (Å²) in [5.74, 6) is 0.271. The van der Waals surface area contributed by atoms with Crippen LogP contribution in [0, 0.1) is 5.92 Å². The number of benzene rings is 2. The molecular formula is C31H36ClN3O3S2. The van der Waals surface area contributed by atoms with Crippen LogP contribution in [-0.2, 0) is 9.84 Å². The first-order chi connectivity index (χ1) is 19.1. The number of hydrogen-bond acceptors (Lipinski definition) is 6. The summed E-state index contributed by atoms with van der Waals surface area (Å²) >= 11 is 8.07. The first-order valence-corrected chi connectivity index (χ1v) is 16.7. The van der Waals surface area contributed by atoms with Gasteiger partial charge in [0.05, 0.1) is 26.2 Å². The Hall–Kier alpha value is -2.78. The van der Waals surface area contributed by atoms with Gasteiger partial charge in [-0.3, -0.25) is 4.79 Å². The van der Waals surface area contributed by atoms with Gasteiger partial charge in [0.15, 0.2) is 15.6 Å². The van der Waals surface area contributed by atoms with Crippen LogP contribution in [0.25, 0.3) is 26.7 Å². The zero-order valence-corrected chi connectivity index (χ0v) is 25.8. The normalized spacial score (nSPS) is 12.7. The molecule has 9 heteroatoms. The zero-order valence-electron chi connectivity index (χ0n) is 23.4. The highest BCUT2D eigenvalue weighted by atomic mass is 35.5. The average molecular weight is 598 g/mol. The molecule has 0 aliphatic rings. The predicted octanol–water partition coefficient (Wildman–Crippen LogP) is 7.66. The van der Waals surface area contributed by atoms with Crippen molar-refractivity contribution in [2.24, 2.45) is 5.92 Å². The molecule has 6 nitrogen and oxygen atoms in total. The lowest BCUT2D eigenvalue weighted by atomic mass is 9.97. The summed E-state index contributed by atoms with van der Waals surface area (Å²) in [5.41, 5.74) is 2.69. The molecule has 0 fully saturated rings. The van der Waals surface area contributed by atoms with Crippen molar-refractivity contribution in [3.63, 3.8) is 0 Å². The van der Waals surface area contributed by atoms with Crippen molar-refractivity contribution in [1.82, 2.24) is 14.7 Å². The number of thiophene rings is 1. The number of hydrogen-bond donors (Lipinski definition) is 0. The van der Waals surface area contributed by atoms with Gasteiger partial charge in [0, 0.05) is 17.6 Å². The van der Waals surface area contributed by atoms with Crippen LogP contribution in [-0.4, -0.2) is 54.8 Å². The van der Waals surface area contributed by atoms with E-state index in [-0.39, 0.29) is 16.6 Å². The number of halogens is 1. The van der Waals surface area contributed by atoms with Gasteiger partial charge in [-0.15, -0.1) is 11.3 Å². The van der Waals surface area contributed by atoms with E-state index in [1.54, 1.807) is 28.9 Å². The molecule has 2 heterocycles. The molecule has 0 aliphatic carbocycles. The minimum atomic E-state index is -3.32. The van der Waals surface area contributed by atoms with Crippen molar-refractivity contribution in [2.45, 2.75) is 44.9 Å². The van der Waals surface area contributed by atoms with E-state index in [2.05, 4.69) is 25.7 Å². The third-order valence-electron chi connectivity index (χ3n) is 7.08. The highest BCUT2D eigenvalue weighted by Gasteiger charge is 2.21. The van der Waals surface area contributed by atoms with Crippen LogP contribution < -0.4 is 0 Å². The molecule has 0 radical (unpaired) electrons. The first kappa shape index (κ1) is 30.2. The number of nitrogens with zero attached hydrogens (tertiary/aromatic N) is 3. The average Bonchev–Trinajstić information content (AvgIpc) is 3.59. The van der Waals surface area contributed by atoms with Crippen molar-refractivity contribution in [1.29, 1.82) is 0 Å². The second kappa shape index (κ2) is 13.3. The van der Waals surface area contributed by atoms with Crippen LogP contribution in [0.4, 0.5) is 0 Å². The summed E-state index contributed by atoms with van der Waals surface area (Å²) < 4.78 is 25.9. The minimum Gasteiger partial charge on any atom is -0.304 e. The number of ketones is 1. The number of carbonyl (C=O) groups is 1. The van der Waals surface area contributed by atoms with Crippen LogP contribution in [0.15, 0.2) is 71.6 Å². The second-order valence-corrected chi connectivity index (χ2v) is 13.7. The highest BCUT2D eigenvalue weighted by molar-refractivity contribution is 7.90. The number of sulfone groups is 1. The summed E-state index contributed by atoms with van der Waals surface area (Å²) in [6.07, 6.45) is 3.69. The van der Waals surface area contributed by atoms with Crippen molar-refractivity contribution in [3.05, 3.63) is 77.4 Å². The van der Waals surface area contributed by atoms with Crippen molar-refractivity contribution >= 4 is 38.6 Å². The molecule has 0 bridgehead atoms. The van der Waals surface area contributed by atoms with Crippen molar-refractivity contribution in [2.75, 3.05) is 25.9 Å². The van der Waals surface area contributed by atoms with Gasteiger partial charge in [-0.2, -0.15) is 5.10 Å². The van der Waals surface area contributed by atoms with Gasteiger partial charge in [-0.05, 0) is 86.4 Å². The van der Waals surface area contributed by atoms with E-state index in [9.17, 15) is 13.2 Å². The Kier molecular flexibility index (Phi) is 10.0. The molecule has 1 atom stereocenters. The van der Waals surface area contributed by atoms with Gasteiger partial charge in [-0.25, -0.2) is 13.1 Å². The van der Waals surface area contributed by atoms with Crippen LogP contribution in [0.3, 0.4) is 0 Å². The van der Waals surface area contributed by atoms with E-state index in [1.165, 1.54) is 17.6 Å². The van der Waals surface area contributed by atoms with Crippen molar-refractivity contribution < 1.29 is 13.2 Å². The fraction of sp³-hybridized carbons (Fsp3) is 0.355. The van der Waals surface area contributed by atoms with Crippen LogP contribution >= 0.6 is 22.9 Å². The van der Waals surface area contributed by atoms with Gasteiger partial charge >= 0.3 is 0 Å². The van der Waals surface area contributed by atoms with Gasteiger partial charge < -0.3 is 4.90 Å². The van der Waals surface area contributed by atoms with Gasteiger partial charge in [0.25, 0.3) is 0 Å². The molecule has 40 heavy (non-hydrogen) atoms. The Balaban J connectivity index is 1.62. The Bertz CT molecular complexity index is 1570. The van der Waals surface area contributed by atoms with E-state index in [4.69, 9.17) is 16.7 Å². The van der Waals surface area contributed by atoms with Gasteiger partial charge in [0.2, 0.25) is 0 Å². The predicted molar refractivity (Wildman–Crippen MR) is 166 cm³/mol. The fourth-order valence-electron chi connectivity index (χ4n) is 4.74. The highest BCUT2D eigenvalue weighted by Crippen LogP contribution is 2.37. The van der Waals surface area contributed by atoms with Gasteiger partial charge in [-0.1, -0.05) is 56.6 Å².